The Bertz CT molecular complexity index is 1060. The molecule has 0 fully saturated rings. The first-order valence-corrected chi connectivity index (χ1v) is 11.3. The summed E-state index contributed by atoms with van der Waals surface area (Å²) in [5.74, 6) is 0.587. The average molecular weight is 410 g/mol. The van der Waals surface area contributed by atoms with Crippen LogP contribution < -0.4 is 10.9 Å². The molecule has 0 spiro atoms. The summed E-state index contributed by atoms with van der Waals surface area (Å²) in [7, 11) is 0. The number of amides is 1. The second kappa shape index (κ2) is 8.91. The number of aromatic nitrogens is 2. The van der Waals surface area contributed by atoms with E-state index in [1.54, 1.807) is 11.3 Å². The van der Waals surface area contributed by atoms with Gasteiger partial charge < -0.3 is 10.3 Å². The fraction of sp³-hybridized carbons (Fsp3) is 0.435. The van der Waals surface area contributed by atoms with Crippen molar-refractivity contribution in [1.29, 1.82) is 0 Å². The van der Waals surface area contributed by atoms with Crippen molar-refractivity contribution in [3.05, 3.63) is 62.5 Å². The van der Waals surface area contributed by atoms with E-state index in [1.807, 2.05) is 30.3 Å². The lowest BCUT2D eigenvalue weighted by Crippen LogP contribution is -2.29. The van der Waals surface area contributed by atoms with Crippen LogP contribution >= 0.6 is 11.3 Å². The summed E-state index contributed by atoms with van der Waals surface area (Å²) in [5, 5.41) is 3.91. The molecule has 3 aromatic rings. The standard InChI is InChI=1S/C23H27N3O2S/c1-2-8-17(15-9-4-3-5-10-15)24-20(27)14-13-19-25-22(28)21-16-11-6-7-12-18(16)29-23(21)26-19/h3-5,9-10,17H,2,6-8,11-14H2,1H3,(H,24,27)(H,25,26,28)/t17-/m1/s1. The monoisotopic (exact) mass is 409 g/mol. The van der Waals surface area contributed by atoms with Crippen LogP contribution in [0, 0.1) is 0 Å². The number of rotatable bonds is 7. The Morgan fingerprint density at radius 3 is 2.83 bits per heavy atom. The van der Waals surface area contributed by atoms with E-state index in [2.05, 4.69) is 22.2 Å². The van der Waals surface area contributed by atoms with Crippen LogP contribution in [0.4, 0.5) is 0 Å². The average Bonchev–Trinajstić information content (AvgIpc) is 3.11. The third kappa shape index (κ3) is 4.42. The zero-order chi connectivity index (χ0) is 20.2. The van der Waals surface area contributed by atoms with E-state index in [0.717, 1.165) is 47.9 Å². The van der Waals surface area contributed by atoms with E-state index in [4.69, 9.17) is 0 Å². The lowest BCUT2D eigenvalue weighted by molar-refractivity contribution is -0.121. The van der Waals surface area contributed by atoms with Crippen LogP contribution in [0.25, 0.3) is 10.2 Å². The molecule has 29 heavy (non-hydrogen) atoms. The van der Waals surface area contributed by atoms with E-state index in [-0.39, 0.29) is 17.5 Å². The molecule has 0 saturated heterocycles. The first kappa shape index (κ1) is 19.8. The van der Waals surface area contributed by atoms with E-state index >= 15 is 0 Å². The molecule has 0 saturated carbocycles. The molecule has 2 heterocycles. The molecule has 152 valence electrons. The fourth-order valence-corrected chi connectivity index (χ4v) is 5.40. The van der Waals surface area contributed by atoms with Gasteiger partial charge in [-0.25, -0.2) is 4.98 Å². The molecule has 6 heteroatoms. The highest BCUT2D eigenvalue weighted by Crippen LogP contribution is 2.33. The van der Waals surface area contributed by atoms with Crippen molar-refractivity contribution in [1.82, 2.24) is 15.3 Å². The van der Waals surface area contributed by atoms with Gasteiger partial charge in [-0.3, -0.25) is 9.59 Å². The maximum Gasteiger partial charge on any atom is 0.259 e. The van der Waals surface area contributed by atoms with Crippen molar-refractivity contribution >= 4 is 27.5 Å². The Hall–Kier alpha value is -2.47. The quantitative estimate of drug-likeness (QED) is 0.605. The number of fused-ring (bicyclic) bond motifs is 3. The zero-order valence-corrected chi connectivity index (χ0v) is 17.6. The molecule has 1 aromatic carbocycles. The molecular formula is C23H27N3O2S. The number of benzene rings is 1. The zero-order valence-electron chi connectivity index (χ0n) is 16.8. The Morgan fingerprint density at radius 1 is 1.24 bits per heavy atom. The van der Waals surface area contributed by atoms with Gasteiger partial charge in [-0.05, 0) is 43.2 Å². The summed E-state index contributed by atoms with van der Waals surface area (Å²) in [5.41, 5.74) is 2.26. The van der Waals surface area contributed by atoms with Crippen molar-refractivity contribution < 1.29 is 4.79 Å². The van der Waals surface area contributed by atoms with Crippen LogP contribution in [0.3, 0.4) is 0 Å². The largest absolute Gasteiger partial charge is 0.349 e. The first-order chi connectivity index (χ1) is 14.2. The van der Waals surface area contributed by atoms with E-state index in [9.17, 15) is 9.59 Å². The molecule has 1 aliphatic rings. The minimum Gasteiger partial charge on any atom is -0.349 e. The predicted octanol–water partition coefficient (Wildman–Crippen LogP) is 4.45. The Balaban J connectivity index is 1.45. The Labute approximate surface area is 174 Å². The van der Waals surface area contributed by atoms with Crippen molar-refractivity contribution in [3.8, 4) is 0 Å². The molecule has 0 bridgehead atoms. The van der Waals surface area contributed by atoms with Crippen molar-refractivity contribution in [3.63, 3.8) is 0 Å². The number of aryl methyl sites for hydroxylation is 3. The molecule has 4 rings (SSSR count). The second-order valence-corrected chi connectivity index (χ2v) is 8.81. The minimum atomic E-state index is -0.0575. The van der Waals surface area contributed by atoms with Gasteiger partial charge >= 0.3 is 0 Å². The number of hydrogen-bond donors (Lipinski definition) is 2. The van der Waals surface area contributed by atoms with Crippen LogP contribution in [0.2, 0.25) is 0 Å². The van der Waals surface area contributed by atoms with Crippen molar-refractivity contribution in [2.75, 3.05) is 0 Å². The maximum absolute atomic E-state index is 12.6. The SMILES string of the molecule is CCC[C@@H](NC(=O)CCc1nc2sc3c(c2c(=O)[nH]1)CCCC3)c1ccccc1. The number of nitrogens with zero attached hydrogens (tertiary/aromatic N) is 1. The fourth-order valence-electron chi connectivity index (χ4n) is 4.12. The minimum absolute atomic E-state index is 0.0134. The maximum atomic E-state index is 12.6. The van der Waals surface area contributed by atoms with Gasteiger partial charge in [0.25, 0.3) is 5.56 Å². The third-order valence-electron chi connectivity index (χ3n) is 5.58. The van der Waals surface area contributed by atoms with E-state index < -0.39 is 0 Å². The van der Waals surface area contributed by atoms with Gasteiger partial charge in [-0.15, -0.1) is 11.3 Å². The summed E-state index contributed by atoms with van der Waals surface area (Å²) in [6.07, 6.45) is 6.99. The van der Waals surface area contributed by atoms with Crippen LogP contribution in [-0.4, -0.2) is 15.9 Å². The van der Waals surface area contributed by atoms with Gasteiger partial charge in [0.2, 0.25) is 5.91 Å². The van der Waals surface area contributed by atoms with Gasteiger partial charge in [0.15, 0.2) is 0 Å². The van der Waals surface area contributed by atoms with Gasteiger partial charge in [0.05, 0.1) is 11.4 Å². The number of hydrogen-bond acceptors (Lipinski definition) is 4. The Kier molecular flexibility index (Phi) is 6.09. The topological polar surface area (TPSA) is 74.8 Å². The molecule has 5 nitrogen and oxygen atoms in total. The van der Waals surface area contributed by atoms with Crippen molar-refractivity contribution in [2.45, 2.75) is 64.3 Å². The van der Waals surface area contributed by atoms with Crippen molar-refractivity contribution in [2.24, 2.45) is 0 Å². The molecule has 1 aliphatic carbocycles. The summed E-state index contributed by atoms with van der Waals surface area (Å²) in [6.45, 7) is 2.12. The normalized spacial score (nSPS) is 14.5. The molecular weight excluding hydrogens is 382 g/mol. The molecule has 0 radical (unpaired) electrons. The summed E-state index contributed by atoms with van der Waals surface area (Å²) < 4.78 is 0. The summed E-state index contributed by atoms with van der Waals surface area (Å²) >= 11 is 1.65. The first-order valence-electron chi connectivity index (χ1n) is 10.5. The summed E-state index contributed by atoms with van der Waals surface area (Å²) in [4.78, 5) is 34.9. The molecule has 0 unspecified atom stereocenters. The van der Waals surface area contributed by atoms with E-state index in [1.165, 1.54) is 16.9 Å². The number of aromatic amines is 1. The van der Waals surface area contributed by atoms with Gasteiger partial charge in [0.1, 0.15) is 10.7 Å². The summed E-state index contributed by atoms with van der Waals surface area (Å²) in [6, 6.07) is 10.1. The molecule has 0 aliphatic heterocycles. The van der Waals surface area contributed by atoms with Gasteiger partial charge in [0, 0.05) is 17.7 Å². The number of carbonyl (C=O) groups is 1. The number of H-pyrrole nitrogens is 1. The highest BCUT2D eigenvalue weighted by Gasteiger charge is 2.20. The highest BCUT2D eigenvalue weighted by molar-refractivity contribution is 7.18. The molecule has 2 N–H and O–H groups in total. The number of carbonyl (C=O) groups excluding carboxylic acids is 1. The van der Waals surface area contributed by atoms with E-state index in [0.29, 0.717) is 18.7 Å². The second-order valence-electron chi connectivity index (χ2n) is 7.72. The van der Waals surface area contributed by atoms with Crippen LogP contribution in [0.15, 0.2) is 35.1 Å². The van der Waals surface area contributed by atoms with Crippen LogP contribution in [0.1, 0.15) is 66.9 Å². The smallest absolute Gasteiger partial charge is 0.259 e. The third-order valence-corrected chi connectivity index (χ3v) is 6.76. The molecule has 1 atom stereocenters. The lowest BCUT2D eigenvalue weighted by atomic mass is 9.97. The highest BCUT2D eigenvalue weighted by atomic mass is 32.1. The van der Waals surface area contributed by atoms with Gasteiger partial charge in [-0.1, -0.05) is 43.7 Å². The lowest BCUT2D eigenvalue weighted by Gasteiger charge is -2.18. The Morgan fingerprint density at radius 2 is 2.03 bits per heavy atom. The molecule has 1 amide bonds. The number of thiophene rings is 1. The van der Waals surface area contributed by atoms with Crippen LogP contribution in [0.5, 0.6) is 0 Å². The van der Waals surface area contributed by atoms with Crippen LogP contribution in [-0.2, 0) is 24.1 Å². The number of nitrogens with one attached hydrogen (secondary N) is 2. The van der Waals surface area contributed by atoms with Gasteiger partial charge in [-0.2, -0.15) is 0 Å². The predicted molar refractivity (Wildman–Crippen MR) is 117 cm³/mol. The molecule has 2 aromatic heterocycles.